The molecule has 0 aromatic carbocycles. The average molecular weight is 504 g/mol. The molecule has 3 aliphatic heterocycles. The summed E-state index contributed by atoms with van der Waals surface area (Å²) in [4.78, 5) is 18.9. The Morgan fingerprint density at radius 2 is 1.97 bits per heavy atom. The Bertz CT molecular complexity index is 865. The maximum absolute atomic E-state index is 6.63. The topological polar surface area (TPSA) is 91.4 Å². The number of unbranched alkanes of at least 4 members (excludes halogenated alkanes) is 1. The van der Waals surface area contributed by atoms with Crippen LogP contribution in [0.5, 0.6) is 5.75 Å². The summed E-state index contributed by atoms with van der Waals surface area (Å²) in [5, 5.41) is 0. The third-order valence-electron chi connectivity index (χ3n) is 6.99. The molecule has 1 aromatic heterocycles. The van der Waals surface area contributed by atoms with E-state index in [4.69, 9.17) is 20.4 Å². The quantitative estimate of drug-likeness (QED) is 0.352. The minimum Gasteiger partial charge on any atom is -0.485 e. The highest BCUT2D eigenvalue weighted by atomic mass is 32.1. The van der Waals surface area contributed by atoms with Gasteiger partial charge < -0.3 is 20.3 Å². The predicted octanol–water partition coefficient (Wildman–Crippen LogP) is 3.71. The van der Waals surface area contributed by atoms with Gasteiger partial charge in [0.1, 0.15) is 28.8 Å². The molecule has 0 bridgehead atoms. The van der Waals surface area contributed by atoms with E-state index in [2.05, 4.69) is 52.2 Å². The number of hydrogen-bond acceptors (Lipinski definition) is 9. The van der Waals surface area contributed by atoms with Gasteiger partial charge in [-0.1, -0.05) is 40.5 Å². The molecular weight excluding hydrogens is 458 g/mol. The molecule has 0 radical (unpaired) electrons. The third-order valence-corrected chi connectivity index (χ3v) is 7.22. The van der Waals surface area contributed by atoms with Crippen LogP contribution in [0.15, 0.2) is 22.2 Å². The van der Waals surface area contributed by atoms with Gasteiger partial charge in [-0.25, -0.2) is 9.98 Å². The molecule has 0 aliphatic carbocycles. The highest BCUT2D eigenvalue weighted by Gasteiger charge is 2.40. The van der Waals surface area contributed by atoms with Gasteiger partial charge in [-0.3, -0.25) is 9.71 Å². The van der Waals surface area contributed by atoms with E-state index in [1.165, 1.54) is 5.56 Å². The number of hydrogen-bond donors (Lipinski definition) is 3. The number of fused-ring (bicyclic) bond motifs is 1. The Morgan fingerprint density at radius 1 is 1.20 bits per heavy atom. The molecule has 0 saturated carbocycles. The van der Waals surface area contributed by atoms with Gasteiger partial charge in [0.2, 0.25) is 0 Å². The largest absolute Gasteiger partial charge is 0.485 e. The fourth-order valence-electron chi connectivity index (χ4n) is 4.91. The molecule has 3 N–H and O–H groups in total. The summed E-state index contributed by atoms with van der Waals surface area (Å²) in [6.45, 7) is 14.3. The normalized spacial score (nSPS) is 18.4. The third kappa shape index (κ3) is 7.11. The SMILES string of the molecule is CC.CC(C)C1=NCC(N2CCC3(CCc4cc(N(CCCCN)CCNS)ncc4O3)CC2)=N1. The molecule has 196 valence electrons. The van der Waals surface area contributed by atoms with Crippen molar-refractivity contribution in [2.75, 3.05) is 50.7 Å². The van der Waals surface area contributed by atoms with Crippen molar-refractivity contribution in [2.24, 2.45) is 21.6 Å². The zero-order valence-corrected chi connectivity index (χ0v) is 23.0. The number of aliphatic imine (C=N–C) groups is 2. The van der Waals surface area contributed by atoms with Crippen LogP contribution in [0.2, 0.25) is 0 Å². The lowest BCUT2D eigenvalue weighted by Crippen LogP contribution is -2.51. The number of nitrogens with zero attached hydrogens (tertiary/aromatic N) is 5. The number of ether oxygens (including phenoxy) is 1. The molecule has 0 atom stereocenters. The maximum atomic E-state index is 6.63. The van der Waals surface area contributed by atoms with Gasteiger partial charge in [0.15, 0.2) is 0 Å². The van der Waals surface area contributed by atoms with E-state index in [-0.39, 0.29) is 5.60 Å². The van der Waals surface area contributed by atoms with E-state index in [1.54, 1.807) is 0 Å². The van der Waals surface area contributed by atoms with Crippen molar-refractivity contribution in [3.05, 3.63) is 17.8 Å². The number of amidine groups is 2. The lowest BCUT2D eigenvalue weighted by atomic mass is 9.83. The van der Waals surface area contributed by atoms with Gasteiger partial charge in [0, 0.05) is 51.5 Å². The van der Waals surface area contributed by atoms with Gasteiger partial charge in [-0.15, -0.1) is 0 Å². The average Bonchev–Trinajstić information content (AvgIpc) is 3.38. The minimum atomic E-state index is -0.0790. The lowest BCUT2D eigenvalue weighted by Gasteiger charge is -2.45. The summed E-state index contributed by atoms with van der Waals surface area (Å²) < 4.78 is 9.57. The van der Waals surface area contributed by atoms with Crippen molar-refractivity contribution in [1.82, 2.24) is 14.6 Å². The molecule has 1 fully saturated rings. The number of pyridine rings is 1. The van der Waals surface area contributed by atoms with E-state index < -0.39 is 0 Å². The van der Waals surface area contributed by atoms with E-state index in [9.17, 15) is 0 Å². The fraction of sp³-hybridized carbons (Fsp3) is 0.731. The summed E-state index contributed by atoms with van der Waals surface area (Å²) in [6.07, 6.45) is 8.15. The van der Waals surface area contributed by atoms with Gasteiger partial charge >= 0.3 is 0 Å². The maximum Gasteiger partial charge on any atom is 0.141 e. The lowest BCUT2D eigenvalue weighted by molar-refractivity contribution is -0.00108. The molecule has 9 heteroatoms. The second-order valence-corrected chi connectivity index (χ2v) is 9.99. The Labute approximate surface area is 217 Å². The van der Waals surface area contributed by atoms with Crippen molar-refractivity contribution in [2.45, 2.75) is 71.8 Å². The molecule has 1 saturated heterocycles. The van der Waals surface area contributed by atoms with Gasteiger partial charge in [-0.05, 0) is 43.9 Å². The Hall–Kier alpha value is -1.84. The summed E-state index contributed by atoms with van der Waals surface area (Å²) in [6, 6.07) is 2.22. The van der Waals surface area contributed by atoms with Crippen LogP contribution >= 0.6 is 12.8 Å². The molecule has 8 nitrogen and oxygen atoms in total. The molecule has 4 heterocycles. The van der Waals surface area contributed by atoms with Crippen LogP contribution in [0.4, 0.5) is 5.82 Å². The predicted molar refractivity (Wildman–Crippen MR) is 150 cm³/mol. The minimum absolute atomic E-state index is 0.0790. The zero-order valence-electron chi connectivity index (χ0n) is 22.1. The van der Waals surface area contributed by atoms with Crippen molar-refractivity contribution in [1.29, 1.82) is 0 Å². The number of piperidine rings is 1. The van der Waals surface area contributed by atoms with E-state index in [0.29, 0.717) is 5.92 Å². The van der Waals surface area contributed by atoms with Crippen LogP contribution in [0.1, 0.15) is 65.4 Å². The number of anilines is 1. The van der Waals surface area contributed by atoms with E-state index >= 15 is 0 Å². The standard InChI is InChI=1S/C24H39N7OS.C2H6/c1-18(2)23-27-17-22(29-23)31-12-7-24(8-13-31)6-5-19-15-21(26-16-20(19)32-24)30(14-10-28-33)11-4-3-9-25;1-2/h15-16,18,28,33H,3-14,17,25H2,1-2H3;1-2H3. The summed E-state index contributed by atoms with van der Waals surface area (Å²) in [5.74, 6) is 4.47. The van der Waals surface area contributed by atoms with Crippen molar-refractivity contribution in [3.8, 4) is 5.75 Å². The smallest absolute Gasteiger partial charge is 0.141 e. The molecule has 0 amide bonds. The number of aromatic nitrogens is 1. The first-order valence-electron chi connectivity index (χ1n) is 13.4. The molecule has 0 unspecified atom stereocenters. The summed E-state index contributed by atoms with van der Waals surface area (Å²) in [7, 11) is 0. The van der Waals surface area contributed by atoms with Gasteiger partial charge in [0.05, 0.1) is 12.7 Å². The highest BCUT2D eigenvalue weighted by Crippen LogP contribution is 2.40. The monoisotopic (exact) mass is 503 g/mol. The van der Waals surface area contributed by atoms with E-state index in [0.717, 1.165) is 108 Å². The second-order valence-electron chi connectivity index (χ2n) is 9.67. The first kappa shape index (κ1) is 27.7. The van der Waals surface area contributed by atoms with Crippen LogP contribution in [-0.2, 0) is 6.42 Å². The number of thiol groups is 1. The number of nitrogens with two attached hydrogens (primary N) is 1. The molecule has 4 rings (SSSR count). The molecular formula is C26H45N7OS. The molecule has 1 aromatic rings. The number of likely N-dealkylation sites (tertiary alicyclic amines) is 1. The highest BCUT2D eigenvalue weighted by molar-refractivity contribution is 7.78. The van der Waals surface area contributed by atoms with Crippen molar-refractivity contribution in [3.63, 3.8) is 0 Å². The molecule has 1 spiro atoms. The van der Waals surface area contributed by atoms with Crippen molar-refractivity contribution >= 4 is 30.3 Å². The van der Waals surface area contributed by atoms with Crippen LogP contribution < -0.4 is 20.1 Å². The zero-order chi connectivity index (χ0) is 25.3. The van der Waals surface area contributed by atoms with Crippen LogP contribution in [-0.4, -0.2) is 73.0 Å². The second kappa shape index (κ2) is 13.5. The number of aryl methyl sites for hydroxylation is 1. The van der Waals surface area contributed by atoms with Gasteiger partial charge in [0.25, 0.3) is 0 Å². The van der Waals surface area contributed by atoms with E-state index in [1.807, 2.05) is 20.0 Å². The first-order chi connectivity index (χ1) is 17.0. The van der Waals surface area contributed by atoms with Gasteiger partial charge in [-0.2, -0.15) is 0 Å². The summed E-state index contributed by atoms with van der Waals surface area (Å²) in [5.41, 5.74) is 6.87. The fourth-order valence-corrected chi connectivity index (χ4v) is 5.01. The first-order valence-corrected chi connectivity index (χ1v) is 13.8. The van der Waals surface area contributed by atoms with Crippen LogP contribution in [0, 0.1) is 5.92 Å². The number of rotatable bonds is 9. The Balaban J connectivity index is 0.00000167. The van der Waals surface area contributed by atoms with Crippen LogP contribution in [0.3, 0.4) is 0 Å². The molecule has 3 aliphatic rings. The number of nitrogens with one attached hydrogen (secondary N) is 1. The Morgan fingerprint density at radius 3 is 2.63 bits per heavy atom. The Kier molecular flexibility index (Phi) is 10.7. The molecule has 35 heavy (non-hydrogen) atoms. The van der Waals surface area contributed by atoms with Crippen LogP contribution in [0.25, 0.3) is 0 Å². The summed E-state index contributed by atoms with van der Waals surface area (Å²) >= 11 is 4.15. The van der Waals surface area contributed by atoms with Crippen molar-refractivity contribution < 1.29 is 4.74 Å².